The van der Waals surface area contributed by atoms with Gasteiger partial charge in [0.25, 0.3) is 5.91 Å². The van der Waals surface area contributed by atoms with Gasteiger partial charge in [0.05, 0.1) is 17.2 Å². The van der Waals surface area contributed by atoms with E-state index in [-0.39, 0.29) is 18.7 Å². The summed E-state index contributed by atoms with van der Waals surface area (Å²) in [6.07, 6.45) is 2.65. The van der Waals surface area contributed by atoms with Crippen LogP contribution in [0.4, 0.5) is 11.6 Å². The molecule has 1 amide bonds. The van der Waals surface area contributed by atoms with Crippen LogP contribution in [-0.4, -0.2) is 42.4 Å². The van der Waals surface area contributed by atoms with Gasteiger partial charge in [0.2, 0.25) is 12.7 Å². The summed E-state index contributed by atoms with van der Waals surface area (Å²) in [7, 11) is 0. The molecule has 1 aromatic heterocycles. The molecule has 138 valence electrons. The topological polar surface area (TPSA) is 88.7 Å². The van der Waals surface area contributed by atoms with E-state index in [2.05, 4.69) is 17.2 Å². The fraction of sp³-hybridized carbons (Fsp3) is 0.316. The van der Waals surface area contributed by atoms with Crippen molar-refractivity contribution in [3.63, 3.8) is 0 Å². The van der Waals surface area contributed by atoms with Crippen LogP contribution in [0.3, 0.4) is 0 Å². The summed E-state index contributed by atoms with van der Waals surface area (Å²) in [5, 5.41) is 2.91. The number of fused-ring (bicyclic) bond motifs is 4. The lowest BCUT2D eigenvalue weighted by molar-refractivity contribution is 0.102. The number of rotatable bonds is 3. The summed E-state index contributed by atoms with van der Waals surface area (Å²) in [5.74, 6) is 2.70. The van der Waals surface area contributed by atoms with Crippen molar-refractivity contribution in [2.24, 2.45) is 9.98 Å². The molecule has 3 aliphatic rings. The number of hydrogen-bond acceptors (Lipinski definition) is 7. The third-order valence-electron chi connectivity index (χ3n) is 4.92. The number of carbonyl (C=O) groups is 1. The number of nitrogens with one attached hydrogen (secondary N) is 1. The fourth-order valence-electron chi connectivity index (χ4n) is 3.52. The highest BCUT2D eigenvalue weighted by Crippen LogP contribution is 2.37. The number of nitrogens with zero attached hydrogens (tertiary/aromatic N) is 3. The van der Waals surface area contributed by atoms with E-state index >= 15 is 0 Å². The number of aryl methyl sites for hydroxylation is 1. The number of benzene rings is 1. The summed E-state index contributed by atoms with van der Waals surface area (Å²) in [5.41, 5.74) is 1.73. The van der Waals surface area contributed by atoms with Gasteiger partial charge in [0.1, 0.15) is 17.9 Å². The summed E-state index contributed by atoms with van der Waals surface area (Å²) in [4.78, 5) is 24.1. The predicted molar refractivity (Wildman–Crippen MR) is 99.4 cm³/mol. The normalized spacial score (nSPS) is 19.0. The van der Waals surface area contributed by atoms with Gasteiger partial charge in [-0.3, -0.25) is 9.79 Å². The van der Waals surface area contributed by atoms with Gasteiger partial charge in [-0.15, -0.1) is 0 Å². The molecule has 0 saturated heterocycles. The number of hydrogen-bond donors (Lipinski definition) is 1. The zero-order valence-electron chi connectivity index (χ0n) is 15.0. The minimum Gasteiger partial charge on any atom is -0.454 e. The molecule has 1 atom stereocenters. The zero-order valence-corrected chi connectivity index (χ0v) is 15.0. The van der Waals surface area contributed by atoms with Gasteiger partial charge in [-0.1, -0.05) is 6.92 Å². The number of furan rings is 1. The summed E-state index contributed by atoms with van der Waals surface area (Å²) in [6, 6.07) is 5.48. The van der Waals surface area contributed by atoms with Gasteiger partial charge in [0.15, 0.2) is 11.5 Å². The number of anilines is 1. The smallest absolute Gasteiger partial charge is 0.260 e. The second kappa shape index (κ2) is 5.87. The Morgan fingerprint density at radius 1 is 1.33 bits per heavy atom. The largest absolute Gasteiger partial charge is 0.454 e. The molecule has 0 radical (unpaired) electrons. The Bertz CT molecular complexity index is 1010. The number of aliphatic imine (C=N–C) groups is 2. The van der Waals surface area contributed by atoms with E-state index in [0.29, 0.717) is 40.0 Å². The molecular weight excluding hydrogens is 348 g/mol. The molecule has 0 spiro atoms. The van der Waals surface area contributed by atoms with E-state index in [9.17, 15) is 4.79 Å². The standard InChI is InChI=1S/C19H18N4O4/c1-3-11-7-23-8-20-19-16(17(23)21-11)15(10(2)27-19)18(24)22-12-4-5-13-14(6-12)26-9-25-13/h4-6,8,11H,3,7,9H2,1-2H3,(H,22,24)/t11-/m0/s1. The van der Waals surface area contributed by atoms with Crippen LogP contribution in [0.5, 0.6) is 11.5 Å². The zero-order chi connectivity index (χ0) is 18.5. The first-order chi connectivity index (χ1) is 13.1. The van der Waals surface area contributed by atoms with E-state index in [4.69, 9.17) is 18.9 Å². The maximum atomic E-state index is 13.0. The summed E-state index contributed by atoms with van der Waals surface area (Å²) >= 11 is 0. The van der Waals surface area contributed by atoms with Crippen molar-refractivity contribution in [1.82, 2.24) is 4.90 Å². The van der Waals surface area contributed by atoms with Crippen LogP contribution in [0.2, 0.25) is 0 Å². The number of amides is 1. The van der Waals surface area contributed by atoms with Gasteiger partial charge >= 0.3 is 0 Å². The molecule has 27 heavy (non-hydrogen) atoms. The van der Waals surface area contributed by atoms with Crippen molar-refractivity contribution >= 4 is 29.7 Å². The number of ether oxygens (including phenoxy) is 2. The maximum Gasteiger partial charge on any atom is 0.260 e. The minimum absolute atomic E-state index is 0.188. The van der Waals surface area contributed by atoms with Gasteiger partial charge in [-0.2, -0.15) is 0 Å². The van der Waals surface area contributed by atoms with Crippen molar-refractivity contribution < 1.29 is 18.7 Å². The van der Waals surface area contributed by atoms with Crippen LogP contribution in [0.1, 0.15) is 35.0 Å². The average molecular weight is 366 g/mol. The van der Waals surface area contributed by atoms with Crippen molar-refractivity contribution in [3.8, 4) is 11.5 Å². The molecule has 8 heteroatoms. The SMILES string of the molecule is CC[C@H]1CN2C=Nc3oc(C)c(C(=O)Nc4ccc5c(c4)OCO5)c3C2=N1. The van der Waals surface area contributed by atoms with Crippen LogP contribution in [-0.2, 0) is 0 Å². The average Bonchev–Trinajstić information content (AvgIpc) is 3.35. The van der Waals surface area contributed by atoms with Gasteiger partial charge < -0.3 is 24.1 Å². The third-order valence-corrected chi connectivity index (χ3v) is 4.92. The lowest BCUT2D eigenvalue weighted by Gasteiger charge is -2.18. The van der Waals surface area contributed by atoms with Crippen LogP contribution >= 0.6 is 0 Å². The Morgan fingerprint density at radius 3 is 3.04 bits per heavy atom. The molecule has 5 rings (SSSR count). The Balaban J connectivity index is 1.50. The molecule has 0 saturated carbocycles. The van der Waals surface area contributed by atoms with Crippen molar-refractivity contribution in [3.05, 3.63) is 35.1 Å². The van der Waals surface area contributed by atoms with Crippen LogP contribution in [0, 0.1) is 6.92 Å². The van der Waals surface area contributed by atoms with Crippen LogP contribution < -0.4 is 14.8 Å². The van der Waals surface area contributed by atoms with Gasteiger partial charge in [0, 0.05) is 18.3 Å². The Labute approximate surface area is 155 Å². The highest BCUT2D eigenvalue weighted by Gasteiger charge is 2.36. The quantitative estimate of drug-likeness (QED) is 0.902. The van der Waals surface area contributed by atoms with Crippen molar-refractivity contribution in [2.45, 2.75) is 26.3 Å². The van der Waals surface area contributed by atoms with E-state index in [1.54, 1.807) is 31.5 Å². The molecule has 0 aliphatic carbocycles. The lowest BCUT2D eigenvalue weighted by Crippen LogP contribution is -2.31. The first-order valence-corrected chi connectivity index (χ1v) is 8.87. The Morgan fingerprint density at radius 2 is 2.19 bits per heavy atom. The summed E-state index contributed by atoms with van der Waals surface area (Å²) < 4.78 is 16.4. The predicted octanol–water partition coefficient (Wildman–Crippen LogP) is 3.08. The molecule has 1 N–H and O–H groups in total. The lowest BCUT2D eigenvalue weighted by atomic mass is 10.1. The molecule has 8 nitrogen and oxygen atoms in total. The number of amidine groups is 1. The molecule has 0 bridgehead atoms. The second-order valence-corrected chi connectivity index (χ2v) is 6.65. The second-order valence-electron chi connectivity index (χ2n) is 6.65. The first kappa shape index (κ1) is 15.9. The van der Waals surface area contributed by atoms with E-state index in [1.165, 1.54) is 0 Å². The van der Waals surface area contributed by atoms with Gasteiger partial charge in [-0.25, -0.2) is 4.99 Å². The number of carbonyl (C=O) groups excluding carboxylic acids is 1. The Kier molecular flexibility index (Phi) is 3.46. The monoisotopic (exact) mass is 366 g/mol. The maximum absolute atomic E-state index is 13.0. The van der Waals surface area contributed by atoms with E-state index < -0.39 is 0 Å². The van der Waals surface area contributed by atoms with E-state index in [0.717, 1.165) is 18.8 Å². The molecular formula is C19H18N4O4. The highest BCUT2D eigenvalue weighted by molar-refractivity contribution is 6.19. The highest BCUT2D eigenvalue weighted by atomic mass is 16.7. The molecule has 3 aliphatic heterocycles. The minimum atomic E-state index is -0.268. The third kappa shape index (κ3) is 2.48. The molecule has 2 aromatic rings. The molecule has 4 heterocycles. The van der Waals surface area contributed by atoms with E-state index in [1.807, 2.05) is 4.90 Å². The molecule has 0 unspecified atom stereocenters. The van der Waals surface area contributed by atoms with Crippen molar-refractivity contribution in [1.29, 1.82) is 0 Å². The summed E-state index contributed by atoms with van der Waals surface area (Å²) in [6.45, 7) is 4.81. The fourth-order valence-corrected chi connectivity index (χ4v) is 3.52. The van der Waals surface area contributed by atoms with Crippen LogP contribution in [0.25, 0.3) is 0 Å². The first-order valence-electron chi connectivity index (χ1n) is 8.87. The van der Waals surface area contributed by atoms with Crippen LogP contribution in [0.15, 0.2) is 32.6 Å². The molecule has 0 fully saturated rings. The Hall–Kier alpha value is -3.29. The molecule has 1 aromatic carbocycles. The van der Waals surface area contributed by atoms with Crippen molar-refractivity contribution in [2.75, 3.05) is 18.7 Å². The van der Waals surface area contributed by atoms with Gasteiger partial charge in [-0.05, 0) is 25.5 Å².